The van der Waals surface area contributed by atoms with Crippen molar-refractivity contribution in [2.45, 2.75) is 31.7 Å². The molecular weight excluding hydrogens is 524 g/mol. The predicted octanol–water partition coefficient (Wildman–Crippen LogP) is 5.94. The number of thioether (sulfide) groups is 1. The van der Waals surface area contributed by atoms with Gasteiger partial charge in [-0.25, -0.2) is 14.6 Å². The van der Waals surface area contributed by atoms with Gasteiger partial charge in [0, 0.05) is 32.3 Å². The Balaban J connectivity index is 1.69. The molecule has 0 saturated carbocycles. The number of nitrogens with one attached hydrogen (secondary N) is 1. The molecule has 0 bridgehead atoms. The second-order valence-electron chi connectivity index (χ2n) is 7.41. The van der Waals surface area contributed by atoms with Gasteiger partial charge in [0.2, 0.25) is 0 Å². The van der Waals surface area contributed by atoms with E-state index >= 15 is 0 Å². The van der Waals surface area contributed by atoms with Crippen LogP contribution in [0.5, 0.6) is 0 Å². The molecular formula is C23H20BrClN6OS. The summed E-state index contributed by atoms with van der Waals surface area (Å²) in [5, 5.41) is 12.6. The fraction of sp³-hybridized carbons (Fsp3) is 0.174. The first-order valence-corrected chi connectivity index (χ1v) is 12.2. The van der Waals surface area contributed by atoms with Crippen LogP contribution < -0.4 is 5.32 Å². The summed E-state index contributed by atoms with van der Waals surface area (Å²) in [6.45, 7) is 5.76. The number of benzene rings is 2. The molecule has 0 atom stereocenters. The monoisotopic (exact) mass is 542 g/mol. The highest BCUT2D eigenvalue weighted by Crippen LogP contribution is 2.26. The summed E-state index contributed by atoms with van der Waals surface area (Å²) in [6.07, 6.45) is 0. The van der Waals surface area contributed by atoms with Crippen LogP contribution >= 0.6 is 39.3 Å². The Morgan fingerprint density at radius 3 is 2.45 bits per heavy atom. The third kappa shape index (κ3) is 5.61. The van der Waals surface area contributed by atoms with Crippen LogP contribution in [0.3, 0.4) is 0 Å². The fourth-order valence-electron chi connectivity index (χ4n) is 3.20. The summed E-state index contributed by atoms with van der Waals surface area (Å²) in [5.74, 6) is 0.0455. The van der Waals surface area contributed by atoms with E-state index in [0.29, 0.717) is 27.3 Å². The van der Waals surface area contributed by atoms with Crippen molar-refractivity contribution in [2.24, 2.45) is 0 Å². The van der Waals surface area contributed by atoms with Crippen molar-refractivity contribution in [3.05, 3.63) is 86.4 Å². The highest BCUT2D eigenvalue weighted by atomic mass is 79.9. The van der Waals surface area contributed by atoms with Crippen LogP contribution in [-0.4, -0.2) is 30.9 Å². The van der Waals surface area contributed by atoms with Gasteiger partial charge in [-0.05, 0) is 68.8 Å². The van der Waals surface area contributed by atoms with Crippen LogP contribution in [-0.2, 0) is 5.75 Å². The summed E-state index contributed by atoms with van der Waals surface area (Å²) in [4.78, 5) is 22.2. The molecule has 0 aliphatic rings. The molecule has 0 fully saturated rings. The quantitative estimate of drug-likeness (QED) is 0.239. The predicted molar refractivity (Wildman–Crippen MR) is 134 cm³/mol. The van der Waals surface area contributed by atoms with E-state index in [1.54, 1.807) is 16.8 Å². The lowest BCUT2D eigenvalue weighted by molar-refractivity contribution is 0.102. The summed E-state index contributed by atoms with van der Waals surface area (Å²) >= 11 is 11.0. The zero-order valence-corrected chi connectivity index (χ0v) is 21.3. The van der Waals surface area contributed by atoms with Gasteiger partial charge in [0.25, 0.3) is 5.91 Å². The Morgan fingerprint density at radius 1 is 1.06 bits per heavy atom. The summed E-state index contributed by atoms with van der Waals surface area (Å²) in [5.41, 5.74) is 4.96. The van der Waals surface area contributed by atoms with E-state index in [1.165, 1.54) is 11.8 Å². The van der Waals surface area contributed by atoms with Crippen molar-refractivity contribution in [3.8, 4) is 5.69 Å². The maximum absolute atomic E-state index is 13.2. The molecule has 1 amide bonds. The average molecular weight is 544 g/mol. The number of nitrogens with zero attached hydrogens (tertiary/aromatic N) is 5. The van der Waals surface area contributed by atoms with Crippen molar-refractivity contribution >= 4 is 50.9 Å². The topological polar surface area (TPSA) is 85.6 Å². The number of hydrogen-bond acceptors (Lipinski definition) is 6. The molecule has 4 rings (SSSR count). The minimum Gasteiger partial charge on any atom is -0.320 e. The molecule has 168 valence electrons. The molecule has 0 aliphatic carbocycles. The SMILES string of the molecule is Cc1cc(C)nc(SCc2c(C(=O)Nc3cc(Cl)ccc3C)nnn2-c2ccc(Br)cc2)n1. The molecule has 2 aromatic carbocycles. The lowest BCUT2D eigenvalue weighted by Crippen LogP contribution is -2.16. The second kappa shape index (κ2) is 10.0. The standard InChI is InChI=1S/C23H20BrClN6OS/c1-13-4-7-17(25)11-19(13)28-22(32)21-20(12-33-23-26-14(2)10-15(3)27-23)31(30-29-21)18-8-5-16(24)6-9-18/h4-11H,12H2,1-3H3,(H,28,32). The van der Waals surface area contributed by atoms with E-state index in [4.69, 9.17) is 11.6 Å². The van der Waals surface area contributed by atoms with E-state index in [2.05, 4.69) is 41.5 Å². The molecule has 0 unspecified atom stereocenters. The van der Waals surface area contributed by atoms with Gasteiger partial charge in [-0.3, -0.25) is 4.79 Å². The molecule has 10 heteroatoms. The summed E-state index contributed by atoms with van der Waals surface area (Å²) in [7, 11) is 0. The van der Waals surface area contributed by atoms with Crippen LogP contribution in [0.4, 0.5) is 5.69 Å². The molecule has 33 heavy (non-hydrogen) atoms. The maximum Gasteiger partial charge on any atom is 0.278 e. The number of aromatic nitrogens is 5. The smallest absolute Gasteiger partial charge is 0.278 e. The number of rotatable bonds is 6. The molecule has 2 aromatic heterocycles. The van der Waals surface area contributed by atoms with Gasteiger partial charge in [-0.15, -0.1) is 5.10 Å². The molecule has 7 nitrogen and oxygen atoms in total. The number of anilines is 1. The second-order valence-corrected chi connectivity index (χ2v) is 9.70. The molecule has 4 aromatic rings. The minimum atomic E-state index is -0.360. The molecule has 2 heterocycles. The van der Waals surface area contributed by atoms with E-state index in [0.717, 1.165) is 27.1 Å². The average Bonchev–Trinajstić information content (AvgIpc) is 3.19. The highest BCUT2D eigenvalue weighted by molar-refractivity contribution is 9.10. The number of aryl methyl sites for hydroxylation is 3. The van der Waals surface area contributed by atoms with Crippen LogP contribution in [0.25, 0.3) is 5.69 Å². The van der Waals surface area contributed by atoms with Crippen molar-refractivity contribution in [1.82, 2.24) is 25.0 Å². The van der Waals surface area contributed by atoms with Gasteiger partial charge in [-0.2, -0.15) is 0 Å². The van der Waals surface area contributed by atoms with Gasteiger partial charge < -0.3 is 5.32 Å². The van der Waals surface area contributed by atoms with Crippen molar-refractivity contribution in [2.75, 3.05) is 5.32 Å². The maximum atomic E-state index is 13.2. The summed E-state index contributed by atoms with van der Waals surface area (Å²) in [6, 6.07) is 14.9. The van der Waals surface area contributed by atoms with E-state index < -0.39 is 0 Å². The first-order chi connectivity index (χ1) is 15.8. The van der Waals surface area contributed by atoms with Crippen LogP contribution in [0, 0.1) is 20.8 Å². The van der Waals surface area contributed by atoms with Crippen LogP contribution in [0.1, 0.15) is 33.1 Å². The van der Waals surface area contributed by atoms with Crippen molar-refractivity contribution < 1.29 is 4.79 Å². The van der Waals surface area contributed by atoms with Crippen molar-refractivity contribution in [1.29, 1.82) is 0 Å². The van der Waals surface area contributed by atoms with E-state index in [9.17, 15) is 4.79 Å². The van der Waals surface area contributed by atoms with Crippen LogP contribution in [0.2, 0.25) is 5.02 Å². The van der Waals surface area contributed by atoms with Gasteiger partial charge >= 0.3 is 0 Å². The zero-order chi connectivity index (χ0) is 23.5. The number of carbonyl (C=O) groups excluding carboxylic acids is 1. The molecule has 1 N–H and O–H groups in total. The third-order valence-corrected chi connectivity index (χ3v) is 6.42. The Bertz CT molecular complexity index is 1310. The van der Waals surface area contributed by atoms with E-state index in [1.807, 2.05) is 57.2 Å². The van der Waals surface area contributed by atoms with Gasteiger partial charge in [0.05, 0.1) is 11.4 Å². The molecule has 0 radical (unpaired) electrons. The molecule has 0 spiro atoms. The van der Waals surface area contributed by atoms with Gasteiger partial charge in [0.1, 0.15) is 0 Å². The normalized spacial score (nSPS) is 10.9. The third-order valence-electron chi connectivity index (χ3n) is 4.80. The number of halogens is 2. The number of hydrogen-bond donors (Lipinski definition) is 1. The number of amides is 1. The lowest BCUT2D eigenvalue weighted by Gasteiger charge is -2.10. The van der Waals surface area contributed by atoms with E-state index in [-0.39, 0.29) is 11.6 Å². The zero-order valence-electron chi connectivity index (χ0n) is 18.1. The summed E-state index contributed by atoms with van der Waals surface area (Å²) < 4.78 is 2.61. The highest BCUT2D eigenvalue weighted by Gasteiger charge is 2.22. The number of carbonyl (C=O) groups is 1. The Hall–Kier alpha value is -2.75. The Morgan fingerprint density at radius 2 is 1.76 bits per heavy atom. The largest absolute Gasteiger partial charge is 0.320 e. The Kier molecular flexibility index (Phi) is 7.11. The van der Waals surface area contributed by atoms with Gasteiger partial charge in [0.15, 0.2) is 10.9 Å². The minimum absolute atomic E-state index is 0.231. The Labute approximate surface area is 209 Å². The van der Waals surface area contributed by atoms with Gasteiger partial charge in [-0.1, -0.05) is 50.6 Å². The first kappa shape index (κ1) is 23.4. The lowest BCUT2D eigenvalue weighted by atomic mass is 10.2. The molecule has 0 aliphatic heterocycles. The van der Waals surface area contributed by atoms with Crippen LogP contribution in [0.15, 0.2) is 58.2 Å². The molecule has 0 saturated heterocycles. The van der Waals surface area contributed by atoms with Crippen molar-refractivity contribution in [3.63, 3.8) is 0 Å². The first-order valence-electron chi connectivity index (χ1n) is 10.0. The fourth-order valence-corrected chi connectivity index (χ4v) is 4.58.